The van der Waals surface area contributed by atoms with Crippen LogP contribution < -0.4 is 9.47 Å². The minimum Gasteiger partial charge on any atom is -0.447 e. The van der Waals surface area contributed by atoms with Crippen molar-refractivity contribution in [3.63, 3.8) is 0 Å². The summed E-state index contributed by atoms with van der Waals surface area (Å²) >= 11 is 5.16. The zero-order valence-electron chi connectivity index (χ0n) is 7.55. The van der Waals surface area contributed by atoms with E-state index >= 15 is 0 Å². The minimum absolute atomic E-state index is 0.00133. The van der Waals surface area contributed by atoms with Gasteiger partial charge in [0.25, 0.3) is 5.24 Å². The Hall–Kier alpha value is -1.43. The van der Waals surface area contributed by atoms with Crippen LogP contribution in [0.3, 0.4) is 0 Å². The molecule has 1 aromatic rings. The van der Waals surface area contributed by atoms with Gasteiger partial charge >= 0.3 is 12.5 Å². The first kappa shape index (κ1) is 11.1. The van der Waals surface area contributed by atoms with Crippen LogP contribution in [0.25, 0.3) is 0 Å². The van der Waals surface area contributed by atoms with Crippen LogP contribution in [0.15, 0.2) is 18.2 Å². The van der Waals surface area contributed by atoms with Crippen molar-refractivity contribution < 1.29 is 27.4 Å². The van der Waals surface area contributed by atoms with Gasteiger partial charge in [0.05, 0.1) is 0 Å². The van der Waals surface area contributed by atoms with Crippen molar-refractivity contribution in [3.05, 3.63) is 23.8 Å². The highest BCUT2D eigenvalue weighted by atomic mass is 35.5. The number of carbonyl (C=O) groups is 1. The van der Waals surface area contributed by atoms with E-state index in [1.165, 1.54) is 6.07 Å². The first-order chi connectivity index (χ1) is 7.40. The lowest BCUT2D eigenvalue weighted by Crippen LogP contribution is -2.43. The number of hydrogen-bond acceptors (Lipinski definition) is 3. The van der Waals surface area contributed by atoms with Gasteiger partial charge in [0.1, 0.15) is 0 Å². The van der Waals surface area contributed by atoms with E-state index in [0.29, 0.717) is 0 Å². The van der Waals surface area contributed by atoms with Gasteiger partial charge in [0.15, 0.2) is 11.5 Å². The molecule has 1 aromatic carbocycles. The first-order valence-corrected chi connectivity index (χ1v) is 4.49. The second-order valence-electron chi connectivity index (χ2n) is 3.03. The van der Waals surface area contributed by atoms with Crippen LogP contribution in [0.5, 0.6) is 11.5 Å². The second kappa shape index (κ2) is 3.55. The highest BCUT2D eigenvalue weighted by Gasteiger charge is 2.49. The number of alkyl halides is 3. The summed E-state index contributed by atoms with van der Waals surface area (Å²) in [6.07, 6.45) is -6.96. The second-order valence-corrected chi connectivity index (χ2v) is 3.38. The molecular formula is C9H4ClF3O3. The molecule has 0 radical (unpaired) electrons. The summed E-state index contributed by atoms with van der Waals surface area (Å²) in [5.41, 5.74) is 0.00133. The van der Waals surface area contributed by atoms with Crippen LogP contribution in [0, 0.1) is 0 Å². The fourth-order valence-electron chi connectivity index (χ4n) is 1.18. The fraction of sp³-hybridized carbons (Fsp3) is 0.222. The van der Waals surface area contributed by atoms with Crippen LogP contribution in [-0.2, 0) is 0 Å². The Morgan fingerprint density at radius 2 is 2.06 bits per heavy atom. The quantitative estimate of drug-likeness (QED) is 0.721. The third-order valence-electron chi connectivity index (χ3n) is 1.91. The van der Waals surface area contributed by atoms with Crippen LogP contribution in [0.4, 0.5) is 13.2 Å². The van der Waals surface area contributed by atoms with Gasteiger partial charge in [-0.1, -0.05) is 0 Å². The minimum atomic E-state index is -4.04. The van der Waals surface area contributed by atoms with Crippen molar-refractivity contribution in [2.45, 2.75) is 12.5 Å². The Morgan fingerprint density at radius 3 is 2.69 bits per heavy atom. The van der Waals surface area contributed by atoms with E-state index in [-0.39, 0.29) is 17.1 Å². The molecule has 0 bridgehead atoms. The summed E-state index contributed by atoms with van der Waals surface area (Å²) in [4.78, 5) is 10.8. The highest BCUT2D eigenvalue weighted by Crippen LogP contribution is 2.40. The maximum absolute atomic E-state index is 12.8. The number of hydrogen-bond donors (Lipinski definition) is 0. The Labute approximate surface area is 92.7 Å². The molecule has 0 aromatic heterocycles. The standard InChI is InChI=1S/C9H4ClF3O3/c10-7(14)4-1-2-5-6(3-4)15-8(11)9(12,13)16-5/h1-3,8H. The Morgan fingerprint density at radius 1 is 1.38 bits per heavy atom. The molecule has 1 unspecified atom stereocenters. The van der Waals surface area contributed by atoms with Crippen molar-refractivity contribution in [1.29, 1.82) is 0 Å². The molecule has 86 valence electrons. The number of carbonyl (C=O) groups excluding carboxylic acids is 1. The molecule has 2 rings (SSSR count). The molecule has 0 spiro atoms. The zero-order chi connectivity index (χ0) is 11.9. The molecule has 0 N–H and O–H groups in total. The monoisotopic (exact) mass is 252 g/mol. The summed E-state index contributed by atoms with van der Waals surface area (Å²) < 4.78 is 46.6. The molecule has 1 heterocycles. The van der Waals surface area contributed by atoms with Gasteiger partial charge in [-0.2, -0.15) is 13.2 Å². The summed E-state index contributed by atoms with van der Waals surface area (Å²) in [7, 11) is 0. The summed E-state index contributed by atoms with van der Waals surface area (Å²) in [6.45, 7) is 0. The maximum atomic E-state index is 12.8. The number of ether oxygens (including phenoxy) is 2. The highest BCUT2D eigenvalue weighted by molar-refractivity contribution is 6.67. The van der Waals surface area contributed by atoms with Gasteiger partial charge in [-0.3, -0.25) is 4.79 Å². The van der Waals surface area contributed by atoms with Gasteiger partial charge in [-0.05, 0) is 29.8 Å². The van der Waals surface area contributed by atoms with Crippen molar-refractivity contribution >= 4 is 16.8 Å². The van der Waals surface area contributed by atoms with Crippen molar-refractivity contribution in [2.24, 2.45) is 0 Å². The lowest BCUT2D eigenvalue weighted by Gasteiger charge is -2.28. The predicted molar refractivity (Wildman–Crippen MR) is 47.7 cm³/mol. The van der Waals surface area contributed by atoms with E-state index in [9.17, 15) is 18.0 Å². The largest absolute Gasteiger partial charge is 0.468 e. The fourth-order valence-corrected chi connectivity index (χ4v) is 1.30. The molecule has 1 aliphatic heterocycles. The molecule has 1 aliphatic rings. The molecule has 16 heavy (non-hydrogen) atoms. The van der Waals surface area contributed by atoms with Crippen molar-refractivity contribution in [3.8, 4) is 11.5 Å². The number of rotatable bonds is 1. The van der Waals surface area contributed by atoms with Gasteiger partial charge in [0.2, 0.25) is 0 Å². The third kappa shape index (κ3) is 1.80. The molecule has 0 fully saturated rings. The lowest BCUT2D eigenvalue weighted by atomic mass is 10.2. The van der Waals surface area contributed by atoms with E-state index in [1.807, 2.05) is 0 Å². The number of halogens is 4. The zero-order valence-corrected chi connectivity index (χ0v) is 8.30. The topological polar surface area (TPSA) is 35.5 Å². The average Bonchev–Trinajstić information content (AvgIpc) is 2.18. The van der Waals surface area contributed by atoms with E-state index in [2.05, 4.69) is 9.47 Å². The van der Waals surface area contributed by atoms with E-state index in [4.69, 9.17) is 11.6 Å². The predicted octanol–water partition coefficient (Wildman–Crippen LogP) is 2.73. The van der Waals surface area contributed by atoms with E-state index in [0.717, 1.165) is 12.1 Å². The smallest absolute Gasteiger partial charge is 0.447 e. The molecule has 1 atom stereocenters. The van der Waals surface area contributed by atoms with Crippen LogP contribution in [0.1, 0.15) is 10.4 Å². The normalized spacial score (nSPS) is 21.6. The Kier molecular flexibility index (Phi) is 2.46. The van der Waals surface area contributed by atoms with Crippen LogP contribution in [0.2, 0.25) is 0 Å². The number of fused-ring (bicyclic) bond motifs is 1. The molecular weight excluding hydrogens is 249 g/mol. The molecule has 0 amide bonds. The summed E-state index contributed by atoms with van der Waals surface area (Å²) in [6, 6.07) is 3.27. The Balaban J connectivity index is 2.40. The van der Waals surface area contributed by atoms with E-state index < -0.39 is 17.7 Å². The maximum Gasteiger partial charge on any atom is 0.468 e. The van der Waals surface area contributed by atoms with E-state index in [1.54, 1.807) is 0 Å². The van der Waals surface area contributed by atoms with Gasteiger partial charge in [0, 0.05) is 5.56 Å². The van der Waals surface area contributed by atoms with Crippen LogP contribution in [-0.4, -0.2) is 17.7 Å². The molecule has 0 saturated carbocycles. The lowest BCUT2D eigenvalue weighted by molar-refractivity contribution is -0.281. The molecule has 3 nitrogen and oxygen atoms in total. The van der Waals surface area contributed by atoms with Gasteiger partial charge < -0.3 is 9.47 Å². The SMILES string of the molecule is O=C(Cl)c1ccc2c(c1)OC(F)C(F)(F)O2. The Bertz CT molecular complexity index is 450. The van der Waals surface area contributed by atoms with Gasteiger partial charge in [-0.25, -0.2) is 0 Å². The molecule has 0 aliphatic carbocycles. The third-order valence-corrected chi connectivity index (χ3v) is 2.13. The molecule has 7 heteroatoms. The average molecular weight is 253 g/mol. The summed E-state index contributed by atoms with van der Waals surface area (Å²) in [5.74, 6) is -0.634. The number of benzene rings is 1. The molecule has 0 saturated heterocycles. The summed E-state index contributed by atoms with van der Waals surface area (Å²) in [5, 5.41) is -0.806. The van der Waals surface area contributed by atoms with Crippen LogP contribution >= 0.6 is 11.6 Å². The van der Waals surface area contributed by atoms with Crippen molar-refractivity contribution in [1.82, 2.24) is 0 Å². The van der Waals surface area contributed by atoms with Gasteiger partial charge in [-0.15, -0.1) is 0 Å². The van der Waals surface area contributed by atoms with Crippen molar-refractivity contribution in [2.75, 3.05) is 0 Å². The first-order valence-electron chi connectivity index (χ1n) is 4.11.